The van der Waals surface area contributed by atoms with Crippen molar-refractivity contribution in [2.24, 2.45) is 4.99 Å². The number of hydrogen-bond donors (Lipinski definition) is 1. The number of alkyl halides is 2. The zero-order valence-electron chi connectivity index (χ0n) is 19.4. The first-order valence-corrected chi connectivity index (χ1v) is 11.8. The highest BCUT2D eigenvalue weighted by Gasteiger charge is 2.38. The number of aliphatic hydroxyl groups is 1. The summed E-state index contributed by atoms with van der Waals surface area (Å²) in [5.74, 6) is 0.523. The van der Waals surface area contributed by atoms with Gasteiger partial charge in [-0.05, 0) is 38.0 Å². The molecule has 3 heterocycles. The number of fused-ring (bicyclic) bond motifs is 1. The molecule has 2 atom stereocenters. The van der Waals surface area contributed by atoms with Crippen LogP contribution in [0.3, 0.4) is 0 Å². The number of nitrogens with zero attached hydrogens (tertiary/aromatic N) is 6. The highest BCUT2D eigenvalue weighted by molar-refractivity contribution is 6.35. The molecule has 186 valence electrons. The molecule has 2 aliphatic carbocycles. The molecular formula is C25H23ClF2N6O2. The first kappa shape index (κ1) is 24.3. The Morgan fingerprint density at radius 2 is 2.14 bits per heavy atom. The number of hydrogen-bond acceptors (Lipinski definition) is 7. The van der Waals surface area contributed by atoms with Crippen LogP contribution in [0.2, 0.25) is 0 Å². The van der Waals surface area contributed by atoms with Crippen LogP contribution in [0.25, 0.3) is 11.7 Å². The fourth-order valence-electron chi connectivity index (χ4n) is 4.46. The van der Waals surface area contributed by atoms with Crippen LogP contribution in [0.4, 0.5) is 14.6 Å². The van der Waals surface area contributed by atoms with Crippen molar-refractivity contribution in [2.75, 3.05) is 18.0 Å². The summed E-state index contributed by atoms with van der Waals surface area (Å²) < 4.78 is 34.8. The number of ether oxygens (including phenoxy) is 1. The van der Waals surface area contributed by atoms with Crippen LogP contribution in [0.15, 0.2) is 46.6 Å². The third kappa shape index (κ3) is 4.23. The molecule has 0 bridgehead atoms. The molecule has 2 aromatic rings. The van der Waals surface area contributed by atoms with E-state index in [1.54, 1.807) is 25.2 Å². The molecule has 0 spiro atoms. The fraction of sp³-hybridized carbons (Fsp3) is 0.360. The number of aliphatic imine (C=N–C) groups is 1. The van der Waals surface area contributed by atoms with E-state index in [0.29, 0.717) is 40.9 Å². The summed E-state index contributed by atoms with van der Waals surface area (Å²) in [5, 5.41) is 24.1. The molecule has 0 radical (unpaired) electrons. The van der Waals surface area contributed by atoms with Crippen molar-refractivity contribution in [1.29, 1.82) is 5.26 Å². The van der Waals surface area contributed by atoms with Gasteiger partial charge in [-0.25, -0.2) is 13.8 Å². The van der Waals surface area contributed by atoms with E-state index in [1.165, 1.54) is 10.7 Å². The molecule has 8 nitrogen and oxygen atoms in total. The Kier molecular flexibility index (Phi) is 6.47. The summed E-state index contributed by atoms with van der Waals surface area (Å²) in [5.41, 5.74) is 1.69. The summed E-state index contributed by atoms with van der Waals surface area (Å²) in [6.07, 6.45) is 6.33. The Morgan fingerprint density at radius 3 is 2.75 bits per heavy atom. The zero-order valence-corrected chi connectivity index (χ0v) is 20.2. The average Bonchev–Trinajstić information content (AvgIpc) is 3.18. The van der Waals surface area contributed by atoms with Gasteiger partial charge in [0.2, 0.25) is 0 Å². The van der Waals surface area contributed by atoms with E-state index in [4.69, 9.17) is 16.3 Å². The second-order valence-corrected chi connectivity index (χ2v) is 9.28. The fourth-order valence-corrected chi connectivity index (χ4v) is 4.63. The van der Waals surface area contributed by atoms with Gasteiger partial charge in [0, 0.05) is 35.5 Å². The van der Waals surface area contributed by atoms with E-state index in [1.807, 2.05) is 17.0 Å². The molecule has 0 amide bonds. The third-order valence-electron chi connectivity index (χ3n) is 6.53. The zero-order chi connectivity index (χ0) is 25.6. The second-order valence-electron chi connectivity index (χ2n) is 8.85. The largest absolute Gasteiger partial charge is 0.390 e. The van der Waals surface area contributed by atoms with Gasteiger partial charge in [-0.2, -0.15) is 14.9 Å². The molecule has 0 aromatic carbocycles. The number of aliphatic hydroxyl groups excluding tert-OH is 1. The number of halogens is 3. The Balaban J connectivity index is 1.62. The van der Waals surface area contributed by atoms with Crippen molar-refractivity contribution in [3.8, 4) is 6.07 Å². The van der Waals surface area contributed by atoms with E-state index in [9.17, 15) is 19.1 Å². The van der Waals surface area contributed by atoms with Crippen LogP contribution in [0.1, 0.15) is 41.8 Å². The topological polar surface area (TPSA) is 99.0 Å². The van der Waals surface area contributed by atoms with Gasteiger partial charge in [-0.15, -0.1) is 0 Å². The van der Waals surface area contributed by atoms with Gasteiger partial charge >= 0.3 is 0 Å². The molecule has 2 aromatic heterocycles. The van der Waals surface area contributed by atoms with Crippen molar-refractivity contribution in [3.05, 3.63) is 64.1 Å². The quantitative estimate of drug-likeness (QED) is 0.621. The Labute approximate surface area is 211 Å². The molecule has 1 saturated carbocycles. The van der Waals surface area contributed by atoms with Gasteiger partial charge in [-0.3, -0.25) is 4.99 Å². The molecule has 1 saturated heterocycles. The van der Waals surface area contributed by atoms with Crippen molar-refractivity contribution in [3.63, 3.8) is 0 Å². The summed E-state index contributed by atoms with van der Waals surface area (Å²) >= 11 is 6.15. The number of aryl methyl sites for hydroxylation is 1. The number of aromatic nitrogens is 3. The van der Waals surface area contributed by atoms with Crippen LogP contribution >= 0.6 is 11.6 Å². The van der Waals surface area contributed by atoms with Gasteiger partial charge in [-0.1, -0.05) is 24.3 Å². The van der Waals surface area contributed by atoms with Crippen LogP contribution < -0.4 is 4.90 Å². The Morgan fingerprint density at radius 1 is 1.36 bits per heavy atom. The molecule has 5 rings (SSSR count). The van der Waals surface area contributed by atoms with Gasteiger partial charge < -0.3 is 14.7 Å². The predicted octanol–water partition coefficient (Wildman–Crippen LogP) is 4.24. The number of allylic oxidation sites excluding steroid dienone is 5. The highest BCUT2D eigenvalue weighted by atomic mass is 35.5. The molecule has 36 heavy (non-hydrogen) atoms. The lowest BCUT2D eigenvalue weighted by atomic mass is 9.91. The summed E-state index contributed by atoms with van der Waals surface area (Å²) in [6.45, 7) is 6.35. The van der Waals surface area contributed by atoms with Gasteiger partial charge in [0.15, 0.2) is 5.65 Å². The molecule has 1 aliphatic heterocycles. The Bertz CT molecular complexity index is 1400. The minimum Gasteiger partial charge on any atom is -0.390 e. The SMILES string of the molecule is C=CN=C1C=C(Cl)C=C/C1=C\c1c(C)nc2c(C#N)c(C(F)F)nn2c1N1CC(OC2CC[C@@H]2O)C1. The maximum absolute atomic E-state index is 13.7. The first-order chi connectivity index (χ1) is 17.3. The summed E-state index contributed by atoms with van der Waals surface area (Å²) in [4.78, 5) is 10.7. The minimum atomic E-state index is -2.93. The van der Waals surface area contributed by atoms with E-state index < -0.39 is 18.2 Å². The molecule has 1 unspecified atom stereocenters. The van der Waals surface area contributed by atoms with Gasteiger partial charge in [0.25, 0.3) is 6.43 Å². The predicted molar refractivity (Wildman–Crippen MR) is 132 cm³/mol. The highest BCUT2D eigenvalue weighted by Crippen LogP contribution is 2.36. The van der Waals surface area contributed by atoms with Crippen LogP contribution in [0.5, 0.6) is 0 Å². The van der Waals surface area contributed by atoms with Gasteiger partial charge in [0.1, 0.15) is 23.1 Å². The minimum absolute atomic E-state index is 0.0725. The van der Waals surface area contributed by atoms with Crippen LogP contribution in [-0.4, -0.2) is 56.8 Å². The standard InChI is InChI=1S/C25H23ClF2N6O2/c1-3-30-19-9-15(26)5-4-14(19)8-17-13(2)31-24-18(10-29)22(23(27)28)32-34(24)25(17)33-11-16(12-33)36-21-7-6-20(21)35/h3-5,8-9,16,20-21,23,35H,1,6-7,11-12H2,2H3/b14-8+,30-19?/t20-,21?/m0/s1. The normalized spacial score (nSPS) is 24.2. The molecule has 1 N–H and O–H groups in total. The second kappa shape index (κ2) is 9.58. The van der Waals surface area contributed by atoms with Crippen LogP contribution in [-0.2, 0) is 4.74 Å². The number of nitriles is 1. The van der Waals surface area contributed by atoms with Crippen molar-refractivity contribution in [2.45, 2.75) is 44.5 Å². The molecule has 11 heteroatoms. The lowest BCUT2D eigenvalue weighted by Crippen LogP contribution is -2.56. The Hall–Kier alpha value is -3.39. The van der Waals surface area contributed by atoms with Crippen molar-refractivity contribution < 1.29 is 18.6 Å². The van der Waals surface area contributed by atoms with Crippen molar-refractivity contribution in [1.82, 2.24) is 14.6 Å². The average molecular weight is 513 g/mol. The van der Waals surface area contributed by atoms with Crippen molar-refractivity contribution >= 4 is 34.9 Å². The van der Waals surface area contributed by atoms with E-state index in [2.05, 4.69) is 21.7 Å². The van der Waals surface area contributed by atoms with E-state index in [0.717, 1.165) is 18.4 Å². The summed E-state index contributed by atoms with van der Waals surface area (Å²) in [7, 11) is 0. The molecule has 3 aliphatic rings. The smallest absolute Gasteiger partial charge is 0.283 e. The third-order valence-corrected chi connectivity index (χ3v) is 6.76. The maximum Gasteiger partial charge on any atom is 0.283 e. The monoisotopic (exact) mass is 512 g/mol. The lowest BCUT2D eigenvalue weighted by Gasteiger charge is -2.45. The number of rotatable bonds is 6. The first-order valence-electron chi connectivity index (χ1n) is 11.5. The van der Waals surface area contributed by atoms with Gasteiger partial charge in [0.05, 0.1) is 29.7 Å². The van der Waals surface area contributed by atoms with E-state index >= 15 is 0 Å². The summed E-state index contributed by atoms with van der Waals surface area (Å²) in [6, 6.07) is 1.84. The molecule has 2 fully saturated rings. The lowest BCUT2D eigenvalue weighted by molar-refractivity contribution is -0.132. The maximum atomic E-state index is 13.7. The van der Waals surface area contributed by atoms with E-state index in [-0.39, 0.29) is 23.4 Å². The van der Waals surface area contributed by atoms with Crippen LogP contribution in [0, 0.1) is 18.3 Å². The molecular weight excluding hydrogens is 490 g/mol. The number of anilines is 1.